The minimum atomic E-state index is 0. The van der Waals surface area contributed by atoms with Crippen LogP contribution in [0.3, 0.4) is 0 Å². The Labute approximate surface area is 53.6 Å². The van der Waals surface area contributed by atoms with E-state index < -0.39 is 0 Å². The van der Waals surface area contributed by atoms with Crippen LogP contribution in [-0.2, 0) is 30.4 Å². The van der Waals surface area contributed by atoms with Gasteiger partial charge < -0.3 is 16.4 Å². The maximum absolute atomic E-state index is 0. The van der Waals surface area contributed by atoms with Gasteiger partial charge in [0.25, 0.3) is 0 Å². The van der Waals surface area contributed by atoms with Gasteiger partial charge in [0.05, 0.1) is 0 Å². The molecule has 0 aromatic carbocycles. The summed E-state index contributed by atoms with van der Waals surface area (Å²) < 4.78 is 0. The zero-order valence-electron chi connectivity index (χ0n) is 2.60. The molecule has 5 heteroatoms. The van der Waals surface area contributed by atoms with Gasteiger partial charge in [-0.3, -0.25) is 0 Å². The van der Waals surface area contributed by atoms with Gasteiger partial charge in [0, 0.05) is 19.5 Å². The molecular weight excluding hydrogens is 140 g/mol. The van der Waals surface area contributed by atoms with E-state index in [1.807, 2.05) is 0 Å². The van der Waals surface area contributed by atoms with E-state index in [0.717, 1.165) is 0 Å². The van der Waals surface area contributed by atoms with Gasteiger partial charge in [-0.25, -0.2) is 0 Å². The Morgan fingerprint density at radius 1 is 0.800 bits per heavy atom. The molecule has 0 aliphatic carbocycles. The van der Waals surface area contributed by atoms with E-state index in [4.69, 9.17) is 0 Å². The van der Waals surface area contributed by atoms with Gasteiger partial charge in [-0.15, -0.1) is 0 Å². The molecule has 0 amide bonds. The molecule has 3 nitrogen and oxygen atoms in total. The molecule has 0 radical (unpaired) electrons. The van der Waals surface area contributed by atoms with Crippen molar-refractivity contribution in [1.82, 2.24) is 0 Å². The summed E-state index contributed by atoms with van der Waals surface area (Å²) in [6.07, 6.45) is 0. The summed E-state index contributed by atoms with van der Waals surface area (Å²) >= 11 is 0. The molecule has 0 heterocycles. The fourth-order valence-corrected chi connectivity index (χ4v) is 0. The Bertz CT molecular complexity index is 6.85. The van der Waals surface area contributed by atoms with Crippen LogP contribution in [0.15, 0.2) is 0 Å². The van der Waals surface area contributed by atoms with Crippen molar-refractivity contribution in [3.8, 4) is 0 Å². The fraction of sp³-hybridized carbons (Fsp3) is 0. The maximum atomic E-state index is 0. The summed E-state index contributed by atoms with van der Waals surface area (Å²) in [6.45, 7) is 0. The van der Waals surface area contributed by atoms with E-state index in [1.54, 1.807) is 0 Å². The quantitative estimate of drug-likeness (QED) is 0.371. The minimum absolute atomic E-state index is 0. The predicted octanol–water partition coefficient (Wildman–Crippen LogP) is -1.45. The van der Waals surface area contributed by atoms with Crippen LogP contribution in [0.1, 0.15) is 0 Å². The van der Waals surface area contributed by atoms with E-state index in [1.165, 1.54) is 0 Å². The van der Waals surface area contributed by atoms with Gasteiger partial charge in [-0.2, -0.15) is 0 Å². The van der Waals surface area contributed by atoms with Gasteiger partial charge in [-0.05, 0) is 0 Å². The van der Waals surface area contributed by atoms with Crippen molar-refractivity contribution in [3.63, 3.8) is 0 Å². The Morgan fingerprint density at radius 2 is 0.800 bits per heavy atom. The van der Waals surface area contributed by atoms with Crippen molar-refractivity contribution in [2.24, 2.45) is 0 Å². The molecule has 26 valence electrons. The Balaban J connectivity index is 0. The first-order chi connectivity index (χ1) is 0. The molecule has 0 unspecified atom stereocenters. The van der Waals surface area contributed by atoms with Crippen LogP contribution in [-0.4, -0.2) is 22.8 Å². The number of hydrogen-bond acceptors (Lipinski definition) is 0. The third-order valence-corrected chi connectivity index (χ3v) is 0. The average Bonchev–Trinajstić information content (AvgIpc) is 0. The molecule has 0 saturated carbocycles. The smallest absolute Gasteiger partial charge is 2.00 e. The van der Waals surface area contributed by atoms with E-state index >= 15 is 0 Å². The second-order valence-electron chi connectivity index (χ2n) is 0. The van der Waals surface area contributed by atoms with Crippen molar-refractivity contribution < 1.29 is 35.9 Å². The van der Waals surface area contributed by atoms with Crippen LogP contribution >= 0.6 is 0 Å². The normalized spacial score (nSPS) is 0. The summed E-state index contributed by atoms with van der Waals surface area (Å²) in [5.74, 6) is 0. The largest absolute Gasteiger partial charge is 3.00 e. The first-order valence-corrected chi connectivity index (χ1v) is 0. The van der Waals surface area contributed by atoms with Crippen molar-refractivity contribution in [3.05, 3.63) is 0 Å². The third-order valence-electron chi connectivity index (χ3n) is 0. The SMILES string of the molecule is O.[Al+3].[O-2].[O-2].[Zn]. The van der Waals surface area contributed by atoms with Crippen LogP contribution in [0.5, 0.6) is 0 Å². The second kappa shape index (κ2) is 76.4. The summed E-state index contributed by atoms with van der Waals surface area (Å²) in [6, 6.07) is 0. The maximum Gasteiger partial charge on any atom is 3.00 e. The van der Waals surface area contributed by atoms with Gasteiger partial charge in [0.2, 0.25) is 0 Å². The van der Waals surface area contributed by atoms with Gasteiger partial charge in [0.1, 0.15) is 0 Å². The molecule has 0 atom stereocenters. The standard InChI is InChI=1S/Al.H2O.2O.Zn/h;1H2;;;/q+3;;2*-2;. The molecule has 0 aromatic heterocycles. The molecule has 2 N–H and O–H groups in total. The topological polar surface area (TPSA) is 88.5 Å². The second-order valence-corrected chi connectivity index (χ2v) is 0. The van der Waals surface area contributed by atoms with Crippen LogP contribution in [0, 0.1) is 0 Å². The van der Waals surface area contributed by atoms with Crippen molar-refractivity contribution in [1.29, 1.82) is 0 Å². The molecular formula is H2AlO3Zn-. The van der Waals surface area contributed by atoms with Crippen LogP contribution in [0.4, 0.5) is 0 Å². The number of rotatable bonds is 0. The molecule has 0 spiro atoms. The molecule has 0 saturated heterocycles. The van der Waals surface area contributed by atoms with Gasteiger partial charge in [0.15, 0.2) is 0 Å². The Hall–Kier alpha value is 1.04. The molecule has 0 bridgehead atoms. The number of hydrogen-bond donors (Lipinski definition) is 0. The predicted molar refractivity (Wildman–Crippen MR) is 10.7 cm³/mol. The zero-order valence-corrected chi connectivity index (χ0v) is 6.72. The van der Waals surface area contributed by atoms with Crippen molar-refractivity contribution >= 4 is 17.4 Å². The van der Waals surface area contributed by atoms with Crippen molar-refractivity contribution in [2.75, 3.05) is 0 Å². The van der Waals surface area contributed by atoms with Crippen LogP contribution < -0.4 is 0 Å². The molecule has 0 fully saturated rings. The molecule has 0 rings (SSSR count). The minimum Gasteiger partial charge on any atom is -2.00 e. The third kappa shape index (κ3) is 43.3. The zero-order chi connectivity index (χ0) is 0. The molecule has 0 aliphatic heterocycles. The average molecular weight is 142 g/mol. The summed E-state index contributed by atoms with van der Waals surface area (Å²) in [5.41, 5.74) is 0. The summed E-state index contributed by atoms with van der Waals surface area (Å²) in [5, 5.41) is 0. The Morgan fingerprint density at radius 3 is 0.800 bits per heavy atom. The van der Waals surface area contributed by atoms with Crippen LogP contribution in [0.2, 0.25) is 0 Å². The first-order valence-electron chi connectivity index (χ1n) is 0. The molecule has 0 aliphatic rings. The van der Waals surface area contributed by atoms with E-state index in [9.17, 15) is 0 Å². The van der Waals surface area contributed by atoms with Crippen molar-refractivity contribution in [2.45, 2.75) is 0 Å². The van der Waals surface area contributed by atoms with Gasteiger partial charge >= 0.3 is 17.4 Å². The Kier molecular flexibility index (Phi) is 2180. The van der Waals surface area contributed by atoms with E-state index in [0.29, 0.717) is 0 Å². The summed E-state index contributed by atoms with van der Waals surface area (Å²) in [4.78, 5) is 0. The molecule has 0 aromatic rings. The first kappa shape index (κ1) is 143. The fourth-order valence-electron chi connectivity index (χ4n) is 0. The van der Waals surface area contributed by atoms with Gasteiger partial charge in [-0.1, -0.05) is 0 Å². The van der Waals surface area contributed by atoms with E-state index in [2.05, 4.69) is 0 Å². The monoisotopic (exact) mass is 141 g/mol. The van der Waals surface area contributed by atoms with E-state index in [-0.39, 0.29) is 53.3 Å². The molecule has 5 heavy (non-hydrogen) atoms. The van der Waals surface area contributed by atoms with Crippen LogP contribution in [0.25, 0.3) is 0 Å². The summed E-state index contributed by atoms with van der Waals surface area (Å²) in [7, 11) is 0.